The highest BCUT2D eigenvalue weighted by Crippen LogP contribution is 2.36. The first-order valence-corrected chi connectivity index (χ1v) is 11.1. The van der Waals surface area contributed by atoms with Crippen molar-refractivity contribution in [1.29, 1.82) is 5.26 Å². The number of aryl methyl sites for hydroxylation is 1. The van der Waals surface area contributed by atoms with E-state index in [9.17, 15) is 10.1 Å². The summed E-state index contributed by atoms with van der Waals surface area (Å²) in [5, 5.41) is 12.3. The number of amides is 1. The molecule has 1 aliphatic rings. The highest BCUT2D eigenvalue weighted by molar-refractivity contribution is 9.10. The lowest BCUT2D eigenvalue weighted by atomic mass is 10.1. The van der Waals surface area contributed by atoms with E-state index < -0.39 is 5.91 Å². The molecule has 0 aliphatic carbocycles. The van der Waals surface area contributed by atoms with Crippen LogP contribution in [0.25, 0.3) is 6.08 Å². The van der Waals surface area contributed by atoms with Crippen molar-refractivity contribution >= 4 is 33.6 Å². The third-order valence-corrected chi connectivity index (χ3v) is 5.74. The summed E-state index contributed by atoms with van der Waals surface area (Å²) in [6.07, 6.45) is 1.50. The van der Waals surface area contributed by atoms with Gasteiger partial charge in [-0.25, -0.2) is 0 Å². The second-order valence-electron chi connectivity index (χ2n) is 7.49. The molecule has 8 heteroatoms. The first kappa shape index (κ1) is 23.2. The van der Waals surface area contributed by atoms with Crippen molar-refractivity contribution in [3.63, 3.8) is 0 Å². The summed E-state index contributed by atoms with van der Waals surface area (Å²) in [6.45, 7) is 2.43. The van der Waals surface area contributed by atoms with Gasteiger partial charge < -0.3 is 24.3 Å². The van der Waals surface area contributed by atoms with Crippen molar-refractivity contribution < 1.29 is 23.7 Å². The number of hydrogen-bond acceptors (Lipinski definition) is 6. The summed E-state index contributed by atoms with van der Waals surface area (Å²) in [6, 6.07) is 18.4. The third-order valence-electron chi connectivity index (χ3n) is 5.06. The predicted octanol–water partition coefficient (Wildman–Crippen LogP) is 5.62. The quantitative estimate of drug-likeness (QED) is 0.321. The summed E-state index contributed by atoms with van der Waals surface area (Å²) < 4.78 is 22.8. The van der Waals surface area contributed by atoms with Gasteiger partial charge in [-0.15, -0.1) is 0 Å². The van der Waals surface area contributed by atoms with Crippen LogP contribution in [-0.2, 0) is 11.4 Å². The number of anilines is 1. The average Bonchev–Trinajstić information content (AvgIpc) is 3.30. The minimum Gasteiger partial charge on any atom is -0.493 e. The van der Waals surface area contributed by atoms with Crippen LogP contribution in [0.4, 0.5) is 5.69 Å². The molecule has 172 valence electrons. The van der Waals surface area contributed by atoms with E-state index in [1.54, 1.807) is 18.2 Å². The molecule has 0 saturated heterocycles. The maximum Gasteiger partial charge on any atom is 0.266 e. The van der Waals surface area contributed by atoms with Crippen LogP contribution in [0.3, 0.4) is 0 Å². The third kappa shape index (κ3) is 5.33. The van der Waals surface area contributed by atoms with Crippen molar-refractivity contribution in [2.24, 2.45) is 0 Å². The molecule has 1 amide bonds. The van der Waals surface area contributed by atoms with Gasteiger partial charge in [-0.3, -0.25) is 4.79 Å². The number of carbonyl (C=O) groups is 1. The van der Waals surface area contributed by atoms with Crippen molar-refractivity contribution in [2.75, 3.05) is 19.2 Å². The molecule has 1 N–H and O–H groups in total. The summed E-state index contributed by atoms with van der Waals surface area (Å²) in [5.74, 6) is 1.86. The standard InChI is InChI=1S/C26H21BrN2O5/c1-16-4-3-5-20(8-16)29-26(30)19(13-28)10-18-11-23(31-2)25(12-21(18)27)32-14-17-6-7-22-24(9-17)34-15-33-22/h3-12H,14-15H2,1-2H3,(H,29,30)/b19-10-. The molecule has 7 nitrogen and oxygen atoms in total. The largest absolute Gasteiger partial charge is 0.493 e. The van der Waals surface area contributed by atoms with Crippen molar-refractivity contribution in [2.45, 2.75) is 13.5 Å². The molecule has 34 heavy (non-hydrogen) atoms. The molecule has 1 heterocycles. The number of carbonyl (C=O) groups excluding carboxylic acids is 1. The van der Waals surface area contributed by atoms with E-state index in [0.29, 0.717) is 38.7 Å². The Morgan fingerprint density at radius 2 is 1.97 bits per heavy atom. The molecule has 3 aromatic rings. The van der Waals surface area contributed by atoms with Crippen LogP contribution >= 0.6 is 15.9 Å². The lowest BCUT2D eigenvalue weighted by Crippen LogP contribution is -2.13. The van der Waals surface area contributed by atoms with Crippen LogP contribution in [0.2, 0.25) is 0 Å². The van der Waals surface area contributed by atoms with Crippen molar-refractivity contribution in [3.05, 3.63) is 81.3 Å². The molecule has 0 aromatic heterocycles. The fraction of sp³-hybridized carbons (Fsp3) is 0.154. The van der Waals surface area contributed by atoms with Gasteiger partial charge in [-0.05, 0) is 66.1 Å². The zero-order valence-corrected chi connectivity index (χ0v) is 20.1. The van der Waals surface area contributed by atoms with Crippen LogP contribution in [-0.4, -0.2) is 19.8 Å². The van der Waals surface area contributed by atoms with Crippen LogP contribution in [0.5, 0.6) is 23.0 Å². The van der Waals surface area contributed by atoms with Gasteiger partial charge in [0.1, 0.15) is 18.2 Å². The Labute approximate surface area is 205 Å². The smallest absolute Gasteiger partial charge is 0.266 e. The Bertz CT molecular complexity index is 1310. The van der Waals surface area contributed by atoms with E-state index in [2.05, 4.69) is 21.2 Å². The van der Waals surface area contributed by atoms with Gasteiger partial charge in [-0.2, -0.15) is 5.26 Å². The number of hydrogen-bond donors (Lipinski definition) is 1. The lowest BCUT2D eigenvalue weighted by Gasteiger charge is -2.13. The monoisotopic (exact) mass is 520 g/mol. The molecule has 0 fully saturated rings. The number of benzene rings is 3. The Kier molecular flexibility index (Phi) is 7.04. The summed E-state index contributed by atoms with van der Waals surface area (Å²) >= 11 is 3.50. The Hall–Kier alpha value is -3.96. The summed E-state index contributed by atoms with van der Waals surface area (Å²) in [4.78, 5) is 12.6. The van der Waals surface area contributed by atoms with Crippen LogP contribution < -0.4 is 24.3 Å². The number of ether oxygens (including phenoxy) is 4. The maximum atomic E-state index is 12.6. The Balaban J connectivity index is 1.52. The zero-order valence-electron chi connectivity index (χ0n) is 18.6. The second kappa shape index (κ2) is 10.3. The van der Waals surface area contributed by atoms with Crippen LogP contribution in [0, 0.1) is 18.3 Å². The summed E-state index contributed by atoms with van der Waals surface area (Å²) in [7, 11) is 1.53. The van der Waals surface area contributed by atoms with E-state index in [-0.39, 0.29) is 19.0 Å². The topological polar surface area (TPSA) is 89.8 Å². The molecule has 1 aliphatic heterocycles. The molecule has 0 unspecified atom stereocenters. The van der Waals surface area contributed by atoms with Gasteiger partial charge in [0, 0.05) is 10.2 Å². The molecule has 0 spiro atoms. The number of nitrogens with zero attached hydrogens (tertiary/aromatic N) is 1. The number of nitrogens with one attached hydrogen (secondary N) is 1. The van der Waals surface area contributed by atoms with E-state index in [0.717, 1.165) is 11.1 Å². The van der Waals surface area contributed by atoms with E-state index in [4.69, 9.17) is 18.9 Å². The van der Waals surface area contributed by atoms with Gasteiger partial charge in [0.05, 0.1) is 7.11 Å². The Morgan fingerprint density at radius 3 is 2.74 bits per heavy atom. The second-order valence-corrected chi connectivity index (χ2v) is 8.35. The van der Waals surface area contributed by atoms with E-state index in [1.165, 1.54) is 13.2 Å². The molecule has 3 aromatic carbocycles. The number of rotatable bonds is 7. The predicted molar refractivity (Wildman–Crippen MR) is 131 cm³/mol. The van der Waals surface area contributed by atoms with Crippen LogP contribution in [0.1, 0.15) is 16.7 Å². The zero-order chi connectivity index (χ0) is 24.1. The molecule has 0 saturated carbocycles. The summed E-state index contributed by atoms with van der Waals surface area (Å²) in [5.41, 5.74) is 3.09. The van der Waals surface area contributed by atoms with E-state index >= 15 is 0 Å². The van der Waals surface area contributed by atoms with Gasteiger partial charge in [0.25, 0.3) is 5.91 Å². The number of halogens is 1. The van der Waals surface area contributed by atoms with Gasteiger partial charge in [-0.1, -0.05) is 34.1 Å². The minimum atomic E-state index is -0.498. The van der Waals surface area contributed by atoms with Crippen molar-refractivity contribution in [3.8, 4) is 29.1 Å². The number of methoxy groups -OCH3 is 1. The minimum absolute atomic E-state index is 0.0433. The highest BCUT2D eigenvalue weighted by Gasteiger charge is 2.16. The molecular weight excluding hydrogens is 500 g/mol. The normalized spacial score (nSPS) is 12.1. The molecule has 0 bridgehead atoms. The maximum absolute atomic E-state index is 12.6. The molecule has 0 atom stereocenters. The number of fused-ring (bicyclic) bond motifs is 1. The SMILES string of the molecule is COc1cc(/C=C(/C#N)C(=O)Nc2cccc(C)c2)c(Br)cc1OCc1ccc2c(c1)OCO2. The molecular formula is C26H21BrN2O5. The molecule has 0 radical (unpaired) electrons. The fourth-order valence-electron chi connectivity index (χ4n) is 3.35. The van der Waals surface area contributed by atoms with Crippen LogP contribution in [0.15, 0.2) is 64.6 Å². The lowest BCUT2D eigenvalue weighted by molar-refractivity contribution is -0.112. The first-order valence-electron chi connectivity index (χ1n) is 10.4. The first-order chi connectivity index (χ1) is 16.5. The number of nitriles is 1. The Morgan fingerprint density at radius 1 is 1.15 bits per heavy atom. The molecule has 4 rings (SSSR count). The average molecular weight is 521 g/mol. The van der Waals surface area contributed by atoms with Crippen molar-refractivity contribution in [1.82, 2.24) is 0 Å². The van der Waals surface area contributed by atoms with Gasteiger partial charge in [0.15, 0.2) is 23.0 Å². The fourth-order valence-corrected chi connectivity index (χ4v) is 3.79. The van der Waals surface area contributed by atoms with Gasteiger partial charge >= 0.3 is 0 Å². The van der Waals surface area contributed by atoms with Gasteiger partial charge in [0.2, 0.25) is 6.79 Å². The highest BCUT2D eigenvalue weighted by atomic mass is 79.9. The van der Waals surface area contributed by atoms with E-state index in [1.807, 2.05) is 49.4 Å².